The number of thioether (sulfide) groups is 1. The third-order valence-corrected chi connectivity index (χ3v) is 6.27. The molecule has 0 fully saturated rings. The highest BCUT2D eigenvalue weighted by Gasteiger charge is 2.28. The van der Waals surface area contributed by atoms with Crippen LogP contribution in [0.2, 0.25) is 5.02 Å². The molecule has 1 atom stereocenters. The number of rotatable bonds is 6. The van der Waals surface area contributed by atoms with Gasteiger partial charge in [-0.15, -0.1) is 11.6 Å². The van der Waals surface area contributed by atoms with Gasteiger partial charge in [0.2, 0.25) is 0 Å². The van der Waals surface area contributed by atoms with Crippen LogP contribution in [0.3, 0.4) is 0 Å². The van der Waals surface area contributed by atoms with Crippen LogP contribution in [-0.2, 0) is 6.54 Å². The maximum Gasteiger partial charge on any atom is 0.127 e. The third-order valence-electron chi connectivity index (χ3n) is 4.26. The van der Waals surface area contributed by atoms with E-state index in [2.05, 4.69) is 24.7 Å². The van der Waals surface area contributed by atoms with E-state index < -0.39 is 0 Å². The topological polar surface area (TPSA) is 17.8 Å². The second-order valence-electron chi connectivity index (χ2n) is 5.40. The van der Waals surface area contributed by atoms with Gasteiger partial charge < -0.3 is 4.57 Å². The summed E-state index contributed by atoms with van der Waals surface area (Å²) in [5.41, 5.74) is 2.04. The molecule has 0 N–H and O–H groups in total. The summed E-state index contributed by atoms with van der Waals surface area (Å²) in [6, 6.07) is 5.84. The Balaban J connectivity index is 2.59. The normalized spacial score (nSPS) is 13.8. The Bertz CT molecular complexity index is 610. The minimum absolute atomic E-state index is 0.121. The highest BCUT2D eigenvalue weighted by molar-refractivity contribution is 8.00. The molecule has 0 bridgehead atoms. The zero-order chi connectivity index (χ0) is 15.6. The fraction of sp³-hybridized carbons (Fsp3) is 0.562. The van der Waals surface area contributed by atoms with Gasteiger partial charge in [-0.25, -0.2) is 4.98 Å². The molecule has 2 aromatic rings. The molecule has 1 aromatic carbocycles. The monoisotopic (exact) mass is 344 g/mol. The maximum absolute atomic E-state index is 6.35. The summed E-state index contributed by atoms with van der Waals surface area (Å²) in [5, 5.41) is 0.615. The highest BCUT2D eigenvalue weighted by Crippen LogP contribution is 2.36. The molecule has 1 heterocycles. The third kappa shape index (κ3) is 3.35. The summed E-state index contributed by atoms with van der Waals surface area (Å²) in [6.07, 6.45) is 4.41. The summed E-state index contributed by atoms with van der Waals surface area (Å²) >= 11 is 14.5. The molecule has 116 valence electrons. The van der Waals surface area contributed by atoms with Gasteiger partial charge in [-0.05, 0) is 44.2 Å². The highest BCUT2D eigenvalue weighted by atomic mass is 35.5. The smallest absolute Gasteiger partial charge is 0.127 e. The van der Waals surface area contributed by atoms with Crippen molar-refractivity contribution in [3.8, 4) is 0 Å². The Morgan fingerprint density at radius 1 is 1.33 bits per heavy atom. The first-order valence-electron chi connectivity index (χ1n) is 7.31. The van der Waals surface area contributed by atoms with E-state index in [-0.39, 0.29) is 10.1 Å². The molecule has 1 unspecified atom stereocenters. The largest absolute Gasteiger partial charge is 0.325 e. The van der Waals surface area contributed by atoms with Crippen LogP contribution >= 0.6 is 35.0 Å². The standard InChI is InChI=1S/C16H22Cl2N2S/c1-5-16(6-2,21-4)10-20-14-9-12(18)7-8-13(14)19-15(20)11(3)17/h7-9,11H,5-6,10H2,1-4H3. The van der Waals surface area contributed by atoms with Crippen molar-refractivity contribution in [1.82, 2.24) is 9.55 Å². The molecule has 0 radical (unpaired) electrons. The first-order chi connectivity index (χ1) is 9.96. The molecule has 21 heavy (non-hydrogen) atoms. The summed E-state index contributed by atoms with van der Waals surface area (Å²) in [5.74, 6) is 0.925. The second kappa shape index (κ2) is 6.80. The zero-order valence-electron chi connectivity index (χ0n) is 13.0. The molecule has 0 aliphatic heterocycles. The second-order valence-corrected chi connectivity index (χ2v) is 7.76. The molecule has 1 aromatic heterocycles. The SMILES string of the molecule is CCC(CC)(Cn1c(C(C)Cl)nc2ccc(Cl)cc21)SC. The first kappa shape index (κ1) is 17.0. The van der Waals surface area contributed by atoms with Crippen molar-refractivity contribution in [2.75, 3.05) is 6.26 Å². The zero-order valence-corrected chi connectivity index (χ0v) is 15.3. The van der Waals surface area contributed by atoms with Crippen LogP contribution in [-0.4, -0.2) is 20.6 Å². The lowest BCUT2D eigenvalue weighted by Gasteiger charge is -2.31. The van der Waals surface area contributed by atoms with E-state index in [0.29, 0.717) is 0 Å². The van der Waals surface area contributed by atoms with Gasteiger partial charge >= 0.3 is 0 Å². The molecular weight excluding hydrogens is 323 g/mol. The number of hydrogen-bond donors (Lipinski definition) is 0. The number of halogens is 2. The lowest BCUT2D eigenvalue weighted by Crippen LogP contribution is -2.29. The minimum Gasteiger partial charge on any atom is -0.325 e. The van der Waals surface area contributed by atoms with Crippen molar-refractivity contribution in [1.29, 1.82) is 0 Å². The lowest BCUT2D eigenvalue weighted by atomic mass is 10.0. The number of hydrogen-bond acceptors (Lipinski definition) is 2. The van der Waals surface area contributed by atoms with Crippen molar-refractivity contribution in [2.45, 2.75) is 50.3 Å². The molecule has 0 saturated carbocycles. The van der Waals surface area contributed by atoms with E-state index in [0.717, 1.165) is 41.3 Å². The Morgan fingerprint density at radius 2 is 2.00 bits per heavy atom. The van der Waals surface area contributed by atoms with E-state index in [1.807, 2.05) is 36.9 Å². The number of imidazole rings is 1. The molecule has 0 saturated heterocycles. The average molecular weight is 345 g/mol. The molecule has 0 spiro atoms. The first-order valence-corrected chi connectivity index (χ1v) is 9.35. The van der Waals surface area contributed by atoms with Gasteiger partial charge in [-0.3, -0.25) is 0 Å². The van der Waals surface area contributed by atoms with E-state index in [4.69, 9.17) is 28.2 Å². The molecule has 0 aliphatic carbocycles. The van der Waals surface area contributed by atoms with Crippen LogP contribution in [0.25, 0.3) is 11.0 Å². The van der Waals surface area contributed by atoms with Crippen LogP contribution in [0.15, 0.2) is 18.2 Å². The van der Waals surface area contributed by atoms with Crippen LogP contribution in [0.1, 0.15) is 44.8 Å². The van der Waals surface area contributed by atoms with Crippen molar-refractivity contribution >= 4 is 46.0 Å². The van der Waals surface area contributed by atoms with Gasteiger partial charge in [0.25, 0.3) is 0 Å². The maximum atomic E-state index is 6.35. The van der Waals surface area contributed by atoms with E-state index >= 15 is 0 Å². The van der Waals surface area contributed by atoms with Gasteiger partial charge in [0.05, 0.1) is 16.4 Å². The Kier molecular flexibility index (Phi) is 5.50. The number of benzene rings is 1. The predicted molar refractivity (Wildman–Crippen MR) is 95.8 cm³/mol. The fourth-order valence-electron chi connectivity index (χ4n) is 2.70. The Hall–Kier alpha value is -0.380. The van der Waals surface area contributed by atoms with Crippen LogP contribution in [0.4, 0.5) is 0 Å². The number of nitrogens with zero attached hydrogens (tertiary/aromatic N) is 2. The van der Waals surface area contributed by atoms with Gasteiger partial charge in [-0.1, -0.05) is 25.4 Å². The van der Waals surface area contributed by atoms with Gasteiger partial charge in [0, 0.05) is 16.3 Å². The van der Waals surface area contributed by atoms with E-state index in [9.17, 15) is 0 Å². The summed E-state index contributed by atoms with van der Waals surface area (Å²) in [4.78, 5) is 4.70. The van der Waals surface area contributed by atoms with Gasteiger partial charge in [-0.2, -0.15) is 11.8 Å². The number of fused-ring (bicyclic) bond motifs is 1. The Labute approximate surface area is 141 Å². The van der Waals surface area contributed by atoms with Crippen LogP contribution in [0.5, 0.6) is 0 Å². The van der Waals surface area contributed by atoms with Crippen molar-refractivity contribution < 1.29 is 0 Å². The molecule has 2 rings (SSSR count). The molecule has 0 aliphatic rings. The molecular formula is C16H22Cl2N2S. The van der Waals surface area contributed by atoms with Crippen molar-refractivity contribution in [2.24, 2.45) is 0 Å². The number of alkyl halides is 1. The van der Waals surface area contributed by atoms with Crippen LogP contribution in [0, 0.1) is 0 Å². The Morgan fingerprint density at radius 3 is 2.52 bits per heavy atom. The molecule has 0 amide bonds. The van der Waals surface area contributed by atoms with E-state index in [1.165, 1.54) is 0 Å². The fourth-order valence-corrected chi connectivity index (χ4v) is 3.87. The predicted octanol–water partition coefficient (Wildman–Crippen LogP) is 5.91. The van der Waals surface area contributed by atoms with Gasteiger partial charge in [0.1, 0.15) is 5.82 Å². The lowest BCUT2D eigenvalue weighted by molar-refractivity contribution is 0.463. The minimum atomic E-state index is -0.121. The quantitative estimate of drug-likeness (QED) is 0.606. The number of aromatic nitrogens is 2. The average Bonchev–Trinajstić information content (AvgIpc) is 2.83. The molecule has 2 nitrogen and oxygen atoms in total. The van der Waals surface area contributed by atoms with Crippen LogP contribution < -0.4 is 0 Å². The van der Waals surface area contributed by atoms with Crippen molar-refractivity contribution in [3.05, 3.63) is 29.0 Å². The molecule has 5 heteroatoms. The van der Waals surface area contributed by atoms with E-state index in [1.54, 1.807) is 0 Å². The van der Waals surface area contributed by atoms with Gasteiger partial charge in [0.15, 0.2) is 0 Å². The summed E-state index contributed by atoms with van der Waals surface area (Å²) in [6.45, 7) is 7.37. The summed E-state index contributed by atoms with van der Waals surface area (Å²) < 4.78 is 2.46. The summed E-state index contributed by atoms with van der Waals surface area (Å²) in [7, 11) is 0. The van der Waals surface area contributed by atoms with Crippen molar-refractivity contribution in [3.63, 3.8) is 0 Å².